The molecule has 0 atom stereocenters. The zero-order valence-corrected chi connectivity index (χ0v) is 28.2. The summed E-state index contributed by atoms with van der Waals surface area (Å²) < 4.78 is 74.2. The second-order valence-corrected chi connectivity index (χ2v) is 12.0. The lowest BCUT2D eigenvalue weighted by Crippen LogP contribution is -2.38. The van der Waals surface area contributed by atoms with E-state index in [1.54, 1.807) is 19.2 Å². The Hall–Kier alpha value is -4.84. The number of methoxy groups -OCH3 is 1. The molecule has 0 saturated carbocycles. The van der Waals surface area contributed by atoms with Crippen LogP contribution >= 0.6 is 0 Å². The zero-order chi connectivity index (χ0) is 38.5. The summed E-state index contributed by atoms with van der Waals surface area (Å²) in [6.45, 7) is 6.69. The molecule has 1 amide bonds. The van der Waals surface area contributed by atoms with Crippen molar-refractivity contribution in [1.82, 2.24) is 15.1 Å². The number of nitrogens with one attached hydrogen (secondary N) is 2. The summed E-state index contributed by atoms with van der Waals surface area (Å²) in [6.07, 6.45) is -4.36. The number of likely N-dealkylation sites (tertiary alicyclic amines) is 2. The van der Waals surface area contributed by atoms with Gasteiger partial charge in [-0.25, -0.2) is 14.4 Å². The van der Waals surface area contributed by atoms with Gasteiger partial charge in [-0.15, -0.1) is 0 Å². The smallest absolute Gasteiger partial charge is 0.490 e. The van der Waals surface area contributed by atoms with Crippen molar-refractivity contribution < 1.29 is 60.1 Å². The van der Waals surface area contributed by atoms with Crippen molar-refractivity contribution >= 4 is 34.5 Å². The topological polar surface area (TPSA) is 162 Å². The van der Waals surface area contributed by atoms with E-state index in [-0.39, 0.29) is 17.6 Å². The van der Waals surface area contributed by atoms with Crippen molar-refractivity contribution in [3.63, 3.8) is 0 Å². The van der Waals surface area contributed by atoms with Crippen LogP contribution in [0.15, 0.2) is 57.7 Å². The van der Waals surface area contributed by atoms with Crippen molar-refractivity contribution in [1.29, 1.82) is 0 Å². The van der Waals surface area contributed by atoms with Gasteiger partial charge < -0.3 is 34.9 Å². The van der Waals surface area contributed by atoms with Gasteiger partial charge in [0.05, 0.1) is 12.8 Å². The molecule has 12 nitrogen and oxygen atoms in total. The Morgan fingerprint density at radius 3 is 1.96 bits per heavy atom. The third-order valence-corrected chi connectivity index (χ3v) is 8.17. The van der Waals surface area contributed by atoms with Gasteiger partial charge in [-0.05, 0) is 74.7 Å². The Labute approximate surface area is 294 Å². The Bertz CT molecular complexity index is 1660. The second kappa shape index (κ2) is 19.1. The highest BCUT2D eigenvalue weighted by molar-refractivity contribution is 5.94. The van der Waals surface area contributed by atoms with E-state index in [4.69, 9.17) is 29.0 Å². The van der Waals surface area contributed by atoms with Crippen LogP contribution in [0.5, 0.6) is 5.75 Å². The molecule has 0 radical (unpaired) electrons. The van der Waals surface area contributed by atoms with Gasteiger partial charge >= 0.3 is 29.9 Å². The first-order valence-corrected chi connectivity index (χ1v) is 16.3. The number of amides is 1. The number of alkyl halides is 6. The van der Waals surface area contributed by atoms with Crippen molar-refractivity contribution in [2.24, 2.45) is 0 Å². The molecule has 2 saturated heterocycles. The molecule has 3 heterocycles. The van der Waals surface area contributed by atoms with Crippen LogP contribution < -0.4 is 21.0 Å². The van der Waals surface area contributed by atoms with E-state index < -0.39 is 24.3 Å². The number of carbonyl (C=O) groups is 3. The number of rotatable bonds is 9. The molecule has 18 heteroatoms. The molecule has 2 fully saturated rings. The summed E-state index contributed by atoms with van der Waals surface area (Å²) in [6, 6.07) is 15.3. The number of halogens is 6. The lowest BCUT2D eigenvalue weighted by Gasteiger charge is -2.33. The fourth-order valence-electron chi connectivity index (χ4n) is 5.48. The van der Waals surface area contributed by atoms with E-state index in [2.05, 4.69) is 32.6 Å². The average molecular weight is 747 g/mol. The highest BCUT2D eigenvalue weighted by Crippen LogP contribution is 2.28. The molecule has 5 rings (SSSR count). The quantitative estimate of drug-likeness (QED) is 0.165. The number of carboxylic acids is 2. The van der Waals surface area contributed by atoms with Gasteiger partial charge in [0, 0.05) is 55.8 Å². The van der Waals surface area contributed by atoms with E-state index in [1.807, 2.05) is 18.2 Å². The number of hydrogen-bond donors (Lipinski definition) is 4. The number of hydrogen-bond acceptors (Lipinski definition) is 9. The lowest BCUT2D eigenvalue weighted by atomic mass is 10.0. The normalized spacial score (nSPS) is 15.8. The van der Waals surface area contributed by atoms with Gasteiger partial charge in [0.1, 0.15) is 11.3 Å². The first-order valence-electron chi connectivity index (χ1n) is 16.3. The molecular weight excluding hydrogens is 706 g/mol. The van der Waals surface area contributed by atoms with E-state index >= 15 is 0 Å². The predicted octanol–water partition coefficient (Wildman–Crippen LogP) is 5.36. The highest BCUT2D eigenvalue weighted by atomic mass is 19.4. The summed E-state index contributed by atoms with van der Waals surface area (Å²) in [5.41, 5.74) is 2.91. The number of nitrogens with zero attached hydrogens (tertiary/aromatic N) is 2. The molecule has 52 heavy (non-hydrogen) atoms. The number of carbonyl (C=O) groups excluding carboxylic acids is 1. The lowest BCUT2D eigenvalue weighted by molar-refractivity contribution is -0.193. The van der Waals surface area contributed by atoms with Crippen LogP contribution in [0.1, 0.15) is 48.0 Å². The summed E-state index contributed by atoms with van der Waals surface area (Å²) in [4.78, 5) is 47.3. The molecule has 0 bridgehead atoms. The van der Waals surface area contributed by atoms with E-state index in [0.29, 0.717) is 17.7 Å². The first kappa shape index (κ1) is 41.6. The maximum absolute atomic E-state index is 12.5. The Morgan fingerprint density at radius 1 is 0.846 bits per heavy atom. The summed E-state index contributed by atoms with van der Waals surface area (Å²) >= 11 is 0. The minimum atomic E-state index is -5.08. The van der Waals surface area contributed by atoms with Crippen molar-refractivity contribution in [2.75, 3.05) is 51.7 Å². The fraction of sp³-hybridized carbons (Fsp3) is 0.471. The zero-order valence-electron chi connectivity index (χ0n) is 28.2. The Morgan fingerprint density at radius 2 is 1.42 bits per heavy atom. The molecule has 3 aromatic rings. The van der Waals surface area contributed by atoms with Crippen LogP contribution in [0.2, 0.25) is 0 Å². The van der Waals surface area contributed by atoms with Gasteiger partial charge in [-0.1, -0.05) is 18.6 Å². The van der Waals surface area contributed by atoms with Gasteiger partial charge in [-0.3, -0.25) is 9.69 Å². The van der Waals surface area contributed by atoms with Gasteiger partial charge in [0.2, 0.25) is 0 Å². The number of anilines is 1. The Kier molecular flexibility index (Phi) is 15.3. The number of fused-ring (bicyclic) bond motifs is 1. The highest BCUT2D eigenvalue weighted by Gasteiger charge is 2.39. The number of carboxylic acid groups (broad SMARTS) is 2. The molecule has 2 aliphatic rings. The number of aliphatic carboxylic acids is 2. The first-order chi connectivity index (χ1) is 24.5. The number of benzene rings is 2. The maximum atomic E-state index is 12.5. The maximum Gasteiger partial charge on any atom is 0.490 e. The molecule has 0 unspecified atom stereocenters. The van der Waals surface area contributed by atoms with Crippen LogP contribution in [0.25, 0.3) is 11.0 Å². The van der Waals surface area contributed by atoms with Crippen LogP contribution in [0, 0.1) is 0 Å². The van der Waals surface area contributed by atoms with Crippen LogP contribution in [-0.2, 0) is 16.1 Å². The van der Waals surface area contributed by atoms with Gasteiger partial charge in [0.15, 0.2) is 0 Å². The summed E-state index contributed by atoms with van der Waals surface area (Å²) in [5.74, 6) is -4.79. The molecule has 0 spiro atoms. The Balaban J connectivity index is 0.000000441. The summed E-state index contributed by atoms with van der Waals surface area (Å²) in [7, 11) is 1.63. The molecule has 0 aliphatic carbocycles. The van der Waals surface area contributed by atoms with Crippen molar-refractivity contribution in [3.05, 3.63) is 70.1 Å². The molecule has 2 aliphatic heterocycles. The molecular formula is C34H40F6N4O8. The molecule has 2 aromatic carbocycles. The predicted molar refractivity (Wildman–Crippen MR) is 177 cm³/mol. The SMILES string of the molecule is COc1ccc2oc(=O)cc(NC3CCN(Cc4ccc(C(=O)NCCN5CCCCC5)cc4)CC3)c2c1.O=C(O)C(F)(F)F.O=C(O)C(F)(F)F. The van der Waals surface area contributed by atoms with Crippen molar-refractivity contribution in [3.8, 4) is 5.75 Å². The van der Waals surface area contributed by atoms with Gasteiger partial charge in [-0.2, -0.15) is 26.3 Å². The number of ether oxygens (including phenoxy) is 1. The van der Waals surface area contributed by atoms with Crippen LogP contribution in [-0.4, -0.2) is 103 Å². The van der Waals surface area contributed by atoms with E-state index in [1.165, 1.54) is 30.9 Å². The second-order valence-electron chi connectivity index (χ2n) is 12.0. The fourth-order valence-corrected chi connectivity index (χ4v) is 5.48. The van der Waals surface area contributed by atoms with Gasteiger partial charge in [0.25, 0.3) is 5.91 Å². The molecule has 286 valence electrons. The van der Waals surface area contributed by atoms with Crippen LogP contribution in [0.4, 0.5) is 32.0 Å². The third-order valence-electron chi connectivity index (χ3n) is 8.17. The van der Waals surface area contributed by atoms with Crippen molar-refractivity contribution in [2.45, 2.75) is 57.0 Å². The third kappa shape index (κ3) is 13.7. The average Bonchev–Trinajstić information content (AvgIpc) is 3.09. The monoisotopic (exact) mass is 746 g/mol. The summed E-state index contributed by atoms with van der Waals surface area (Å²) in [5, 5.41) is 21.7. The minimum absolute atomic E-state index is 0.000501. The molecule has 4 N–H and O–H groups in total. The minimum Gasteiger partial charge on any atom is -0.497 e. The molecule has 1 aromatic heterocycles. The van der Waals surface area contributed by atoms with E-state index in [9.17, 15) is 35.9 Å². The van der Waals surface area contributed by atoms with Crippen LogP contribution in [0.3, 0.4) is 0 Å². The largest absolute Gasteiger partial charge is 0.497 e. The van der Waals surface area contributed by atoms with E-state index in [0.717, 1.165) is 68.9 Å². The standard InChI is InChI=1S/C30H38N4O4.2C2HF3O2/c1-37-25-9-10-28-26(19-25)27(20-29(35)38-28)32-24-11-16-34(17-12-24)21-22-5-7-23(8-6-22)30(36)31-13-18-33-14-3-2-4-15-33;2*3-2(4,5)1(6)7/h5-10,19-20,24,32H,2-4,11-18,21H2,1H3,(H,31,36);2*(H,6,7). The number of piperidine rings is 2.